The maximum atomic E-state index is 12.5. The van der Waals surface area contributed by atoms with E-state index < -0.39 is 12.0 Å². The van der Waals surface area contributed by atoms with Crippen molar-refractivity contribution in [2.45, 2.75) is 32.7 Å². The van der Waals surface area contributed by atoms with Crippen molar-refractivity contribution in [2.75, 3.05) is 0 Å². The van der Waals surface area contributed by atoms with E-state index in [1.807, 2.05) is 50.2 Å². The summed E-state index contributed by atoms with van der Waals surface area (Å²) >= 11 is 0. The molecule has 5 nitrogen and oxygen atoms in total. The zero-order valence-corrected chi connectivity index (χ0v) is 15.4. The number of carbonyl (C=O) groups excluding carboxylic acids is 1. The molecule has 1 atom stereocenters. The Labute approximate surface area is 158 Å². The Kier molecular flexibility index (Phi) is 5.50. The van der Waals surface area contributed by atoms with Crippen LogP contribution in [0.25, 0.3) is 0 Å². The van der Waals surface area contributed by atoms with Crippen molar-refractivity contribution in [3.05, 3.63) is 88.7 Å². The molecule has 2 aromatic carbocycles. The van der Waals surface area contributed by atoms with E-state index in [0.29, 0.717) is 12.0 Å². The number of aromatic nitrogens is 2. The highest BCUT2D eigenvalue weighted by Crippen LogP contribution is 2.24. The monoisotopic (exact) mass is 362 g/mol. The van der Waals surface area contributed by atoms with Crippen molar-refractivity contribution in [1.82, 2.24) is 9.78 Å². The minimum Gasteiger partial charge on any atom is -0.480 e. The summed E-state index contributed by atoms with van der Waals surface area (Å²) in [4.78, 5) is 24.4. The SMILES string of the molecule is Cc1nn(C(CC(=O)c2ccccc2)C(=O)O)c(C)c1Cc1ccccc1. The van der Waals surface area contributed by atoms with E-state index in [2.05, 4.69) is 5.10 Å². The third-order valence-corrected chi connectivity index (χ3v) is 4.75. The molecule has 5 heteroatoms. The lowest BCUT2D eigenvalue weighted by molar-refractivity contribution is -0.141. The number of rotatable bonds is 7. The number of carboxylic acids is 1. The Bertz CT molecular complexity index is 946. The molecular weight excluding hydrogens is 340 g/mol. The summed E-state index contributed by atoms with van der Waals surface area (Å²) in [6.45, 7) is 3.74. The first kappa shape index (κ1) is 18.6. The molecule has 0 bridgehead atoms. The molecule has 0 radical (unpaired) electrons. The molecule has 0 aliphatic rings. The molecule has 3 rings (SSSR count). The number of hydrogen-bond acceptors (Lipinski definition) is 3. The van der Waals surface area contributed by atoms with Crippen molar-refractivity contribution >= 4 is 11.8 Å². The lowest BCUT2D eigenvalue weighted by Gasteiger charge is -2.15. The molecule has 0 fully saturated rings. The Hall–Kier alpha value is -3.21. The summed E-state index contributed by atoms with van der Waals surface area (Å²) in [6.07, 6.45) is 0.545. The lowest BCUT2D eigenvalue weighted by atomic mass is 10.0. The summed E-state index contributed by atoms with van der Waals surface area (Å²) in [5.74, 6) is -1.27. The van der Waals surface area contributed by atoms with Crippen LogP contribution in [0.2, 0.25) is 0 Å². The largest absolute Gasteiger partial charge is 0.480 e. The third-order valence-electron chi connectivity index (χ3n) is 4.75. The number of aryl methyl sites for hydroxylation is 1. The summed E-state index contributed by atoms with van der Waals surface area (Å²) in [7, 11) is 0. The molecule has 1 aromatic heterocycles. The quantitative estimate of drug-likeness (QED) is 0.645. The van der Waals surface area contributed by atoms with Crippen molar-refractivity contribution in [3.8, 4) is 0 Å². The Balaban J connectivity index is 1.89. The summed E-state index contributed by atoms with van der Waals surface area (Å²) < 4.78 is 1.48. The van der Waals surface area contributed by atoms with Gasteiger partial charge in [0.25, 0.3) is 0 Å². The fraction of sp³-hybridized carbons (Fsp3) is 0.227. The number of carbonyl (C=O) groups is 2. The maximum absolute atomic E-state index is 12.5. The number of benzene rings is 2. The molecule has 3 aromatic rings. The maximum Gasteiger partial charge on any atom is 0.328 e. The molecule has 0 saturated carbocycles. The van der Waals surface area contributed by atoms with Crippen molar-refractivity contribution in [1.29, 1.82) is 0 Å². The van der Waals surface area contributed by atoms with Crippen LogP contribution in [0.5, 0.6) is 0 Å². The van der Waals surface area contributed by atoms with Gasteiger partial charge in [-0.2, -0.15) is 5.10 Å². The van der Waals surface area contributed by atoms with Crippen LogP contribution < -0.4 is 0 Å². The first-order chi connectivity index (χ1) is 13.0. The normalized spacial score (nSPS) is 11.9. The fourth-order valence-electron chi connectivity index (χ4n) is 3.25. The van der Waals surface area contributed by atoms with Gasteiger partial charge < -0.3 is 5.11 Å². The smallest absolute Gasteiger partial charge is 0.328 e. The molecule has 1 N–H and O–H groups in total. The zero-order chi connectivity index (χ0) is 19.4. The Morgan fingerprint density at radius 2 is 1.59 bits per heavy atom. The standard InChI is InChI=1S/C22H22N2O3/c1-15-19(13-17-9-5-3-6-10-17)16(2)24(23-15)20(22(26)27)14-21(25)18-11-7-4-8-12-18/h3-12,20H,13-14H2,1-2H3,(H,26,27). The van der Waals surface area contributed by atoms with Gasteiger partial charge in [0.05, 0.1) is 5.69 Å². The highest BCUT2D eigenvalue weighted by atomic mass is 16.4. The van der Waals surface area contributed by atoms with Gasteiger partial charge in [0, 0.05) is 29.7 Å². The van der Waals surface area contributed by atoms with E-state index in [9.17, 15) is 14.7 Å². The van der Waals surface area contributed by atoms with E-state index in [1.54, 1.807) is 24.3 Å². The van der Waals surface area contributed by atoms with Gasteiger partial charge in [0.15, 0.2) is 11.8 Å². The number of Topliss-reactive ketones (excluding diaryl/α,β-unsaturated/α-hetero) is 1. The molecule has 0 spiro atoms. The number of nitrogens with zero attached hydrogens (tertiary/aromatic N) is 2. The van der Waals surface area contributed by atoms with Crippen LogP contribution in [-0.2, 0) is 11.2 Å². The molecular formula is C22H22N2O3. The molecule has 27 heavy (non-hydrogen) atoms. The first-order valence-corrected chi connectivity index (χ1v) is 8.87. The number of hydrogen-bond donors (Lipinski definition) is 1. The Morgan fingerprint density at radius 3 is 2.19 bits per heavy atom. The number of aliphatic carboxylic acids is 1. The third kappa shape index (κ3) is 4.14. The average molecular weight is 362 g/mol. The van der Waals surface area contributed by atoms with Crippen molar-refractivity contribution in [3.63, 3.8) is 0 Å². The predicted molar refractivity (Wildman–Crippen MR) is 103 cm³/mol. The zero-order valence-electron chi connectivity index (χ0n) is 15.4. The van der Waals surface area contributed by atoms with Crippen LogP contribution in [0.4, 0.5) is 0 Å². The van der Waals surface area contributed by atoms with Gasteiger partial charge in [0.1, 0.15) is 0 Å². The van der Waals surface area contributed by atoms with Gasteiger partial charge >= 0.3 is 5.97 Å². The summed E-state index contributed by atoms with van der Waals surface area (Å²) in [6, 6.07) is 17.7. The second kappa shape index (κ2) is 7.99. The number of ketones is 1. The molecule has 1 heterocycles. The van der Waals surface area contributed by atoms with E-state index in [4.69, 9.17) is 0 Å². The predicted octanol–water partition coefficient (Wildman–Crippen LogP) is 3.99. The minimum atomic E-state index is -1.06. The van der Waals surface area contributed by atoms with E-state index in [-0.39, 0.29) is 12.2 Å². The molecule has 0 saturated heterocycles. The van der Waals surface area contributed by atoms with Gasteiger partial charge in [-0.05, 0) is 19.4 Å². The molecule has 0 aliphatic heterocycles. The van der Waals surface area contributed by atoms with Crippen LogP contribution >= 0.6 is 0 Å². The highest BCUT2D eigenvalue weighted by Gasteiger charge is 2.27. The first-order valence-electron chi connectivity index (χ1n) is 8.87. The average Bonchev–Trinajstić information content (AvgIpc) is 2.95. The molecule has 1 unspecified atom stereocenters. The topological polar surface area (TPSA) is 72.2 Å². The Morgan fingerprint density at radius 1 is 1.00 bits per heavy atom. The van der Waals surface area contributed by atoms with Crippen LogP contribution in [0.15, 0.2) is 60.7 Å². The van der Waals surface area contributed by atoms with Crippen LogP contribution in [0.1, 0.15) is 45.3 Å². The van der Waals surface area contributed by atoms with Gasteiger partial charge in [0.2, 0.25) is 0 Å². The summed E-state index contributed by atoms with van der Waals surface area (Å²) in [5, 5.41) is 14.2. The highest BCUT2D eigenvalue weighted by molar-refractivity contribution is 5.98. The molecule has 0 aliphatic carbocycles. The van der Waals surface area contributed by atoms with Crippen LogP contribution in [-0.4, -0.2) is 26.6 Å². The van der Waals surface area contributed by atoms with E-state index >= 15 is 0 Å². The van der Waals surface area contributed by atoms with Crippen LogP contribution in [0.3, 0.4) is 0 Å². The van der Waals surface area contributed by atoms with Gasteiger partial charge in [-0.1, -0.05) is 60.7 Å². The summed E-state index contributed by atoms with van der Waals surface area (Å²) in [5.41, 5.74) is 4.21. The molecule has 0 amide bonds. The van der Waals surface area contributed by atoms with E-state index in [0.717, 1.165) is 22.5 Å². The van der Waals surface area contributed by atoms with E-state index in [1.165, 1.54) is 4.68 Å². The minimum absolute atomic E-state index is 0.133. The second-order valence-electron chi connectivity index (χ2n) is 6.60. The number of carboxylic acid groups (broad SMARTS) is 1. The fourth-order valence-corrected chi connectivity index (χ4v) is 3.25. The van der Waals surface area contributed by atoms with Crippen molar-refractivity contribution in [2.24, 2.45) is 0 Å². The molecule has 138 valence electrons. The van der Waals surface area contributed by atoms with Gasteiger partial charge in [-0.25, -0.2) is 4.79 Å². The van der Waals surface area contributed by atoms with Crippen LogP contribution in [0, 0.1) is 13.8 Å². The van der Waals surface area contributed by atoms with Gasteiger partial charge in [-0.15, -0.1) is 0 Å². The second-order valence-corrected chi connectivity index (χ2v) is 6.60. The lowest BCUT2D eigenvalue weighted by Crippen LogP contribution is -2.24. The van der Waals surface area contributed by atoms with Gasteiger partial charge in [-0.3, -0.25) is 9.48 Å². The van der Waals surface area contributed by atoms with Crippen molar-refractivity contribution < 1.29 is 14.7 Å².